The number of hydrogen-bond acceptors (Lipinski definition) is 5. The molecule has 0 N–H and O–H groups in total. The van der Waals surface area contributed by atoms with E-state index in [1.807, 2.05) is 6.92 Å². The van der Waals surface area contributed by atoms with Crippen molar-refractivity contribution in [1.29, 1.82) is 0 Å². The van der Waals surface area contributed by atoms with Crippen LogP contribution in [-0.2, 0) is 23.9 Å². The predicted octanol–water partition coefficient (Wildman–Crippen LogP) is 1.00. The number of carbonyl (C=O) groups is 3. The fraction of sp³-hybridized carbons (Fsp3) is 0.632. The Balaban J connectivity index is 1.82. The number of likely N-dealkylation sites (N-methyl/N-ethyl adjacent to an activating group) is 1. The van der Waals surface area contributed by atoms with Crippen LogP contribution in [0.25, 0.3) is 0 Å². The van der Waals surface area contributed by atoms with Gasteiger partial charge < -0.3 is 19.3 Å². The Labute approximate surface area is 152 Å². The Morgan fingerprint density at radius 1 is 1.38 bits per heavy atom. The molecule has 140 valence electrons. The fourth-order valence-electron chi connectivity index (χ4n) is 5.34. The highest BCUT2D eigenvalue weighted by molar-refractivity contribution is 6.06. The van der Waals surface area contributed by atoms with Crippen molar-refractivity contribution in [1.82, 2.24) is 9.80 Å². The van der Waals surface area contributed by atoms with Crippen molar-refractivity contribution in [2.24, 2.45) is 5.92 Å². The summed E-state index contributed by atoms with van der Waals surface area (Å²) < 4.78 is 10.2. The summed E-state index contributed by atoms with van der Waals surface area (Å²) in [5.41, 5.74) is -0.622. The first kappa shape index (κ1) is 17.3. The molecule has 2 bridgehead atoms. The maximum Gasteiger partial charge on any atom is 0.336 e. The molecule has 0 aromatic carbocycles. The lowest BCUT2D eigenvalue weighted by molar-refractivity contribution is -0.192. The number of methoxy groups -OCH3 is 1. The highest BCUT2D eigenvalue weighted by Gasteiger charge is 2.71. The number of carbonyl (C=O) groups excluding carboxylic acids is 3. The molecule has 5 rings (SSSR count). The molecule has 4 atom stereocenters. The van der Waals surface area contributed by atoms with Gasteiger partial charge in [0.1, 0.15) is 11.1 Å². The van der Waals surface area contributed by atoms with Gasteiger partial charge in [0.15, 0.2) is 0 Å². The van der Waals surface area contributed by atoms with E-state index in [0.717, 1.165) is 12.0 Å². The van der Waals surface area contributed by atoms with E-state index in [4.69, 9.17) is 9.47 Å². The molecule has 0 radical (unpaired) electrons. The summed E-state index contributed by atoms with van der Waals surface area (Å²) in [7, 11) is 3.13. The molecule has 5 aliphatic rings. The van der Waals surface area contributed by atoms with Crippen LogP contribution in [0.15, 0.2) is 23.8 Å². The van der Waals surface area contributed by atoms with Gasteiger partial charge in [-0.05, 0) is 32.3 Å². The summed E-state index contributed by atoms with van der Waals surface area (Å²) in [6.45, 7) is 6.59. The first-order chi connectivity index (χ1) is 12.3. The molecule has 26 heavy (non-hydrogen) atoms. The van der Waals surface area contributed by atoms with Crippen molar-refractivity contribution in [3.05, 3.63) is 23.8 Å². The van der Waals surface area contributed by atoms with Gasteiger partial charge in [0.2, 0.25) is 18.1 Å². The molecule has 1 unspecified atom stereocenters. The average Bonchev–Trinajstić information content (AvgIpc) is 3.19. The second-order valence-electron chi connectivity index (χ2n) is 7.86. The molecule has 0 aromatic rings. The topological polar surface area (TPSA) is 76.2 Å². The molecule has 7 heteroatoms. The summed E-state index contributed by atoms with van der Waals surface area (Å²) in [4.78, 5) is 42.4. The van der Waals surface area contributed by atoms with Crippen LogP contribution in [0, 0.1) is 5.92 Å². The van der Waals surface area contributed by atoms with Gasteiger partial charge in [-0.2, -0.15) is 0 Å². The minimum atomic E-state index is -1.12. The molecule has 5 aliphatic heterocycles. The van der Waals surface area contributed by atoms with Crippen LogP contribution in [0.4, 0.5) is 0 Å². The number of cyclic esters (lactones) is 1. The van der Waals surface area contributed by atoms with E-state index in [1.165, 1.54) is 7.11 Å². The third kappa shape index (κ3) is 1.89. The molecule has 4 fully saturated rings. The van der Waals surface area contributed by atoms with Crippen LogP contribution in [0.3, 0.4) is 0 Å². The average molecular weight is 360 g/mol. The number of esters is 1. The zero-order chi connectivity index (χ0) is 18.9. The van der Waals surface area contributed by atoms with Crippen molar-refractivity contribution in [3.63, 3.8) is 0 Å². The second-order valence-corrected chi connectivity index (χ2v) is 7.86. The highest BCUT2D eigenvalue weighted by Crippen LogP contribution is 2.56. The van der Waals surface area contributed by atoms with Gasteiger partial charge in [0.05, 0.1) is 0 Å². The van der Waals surface area contributed by atoms with Crippen LogP contribution in [0.5, 0.6) is 0 Å². The number of amides is 2. The second kappa shape index (κ2) is 5.42. The Kier molecular flexibility index (Phi) is 3.60. The summed E-state index contributed by atoms with van der Waals surface area (Å²) in [5, 5.41) is 0. The normalized spacial score (nSPS) is 38.6. The van der Waals surface area contributed by atoms with Gasteiger partial charge in [0, 0.05) is 38.6 Å². The van der Waals surface area contributed by atoms with Gasteiger partial charge in [-0.15, -0.1) is 0 Å². The Morgan fingerprint density at radius 2 is 2.12 bits per heavy atom. The van der Waals surface area contributed by atoms with Crippen molar-refractivity contribution in [2.45, 2.75) is 50.0 Å². The van der Waals surface area contributed by atoms with E-state index in [9.17, 15) is 14.4 Å². The first-order valence-electron chi connectivity index (χ1n) is 8.98. The number of rotatable bonds is 4. The smallest absolute Gasteiger partial charge is 0.336 e. The highest BCUT2D eigenvalue weighted by atomic mass is 16.7. The Bertz CT molecular complexity index is 759. The SMILES string of the molecule is C=C(C)[C@H]1C[C@@]23CCCN2C(=O)[C@@]1(CC1=CC(OC)OC1=O)N(C)C3=O. The lowest BCUT2D eigenvalue weighted by Crippen LogP contribution is -2.81. The van der Waals surface area contributed by atoms with Gasteiger partial charge in [0.25, 0.3) is 0 Å². The minimum Gasteiger partial charge on any atom is -0.429 e. The third-order valence-electron chi connectivity index (χ3n) is 6.63. The molecular formula is C19H24N2O5. The van der Waals surface area contributed by atoms with E-state index in [-0.39, 0.29) is 24.2 Å². The fourth-order valence-corrected chi connectivity index (χ4v) is 5.34. The van der Waals surface area contributed by atoms with Gasteiger partial charge in [-0.3, -0.25) is 9.59 Å². The van der Waals surface area contributed by atoms with E-state index < -0.39 is 23.3 Å². The van der Waals surface area contributed by atoms with Gasteiger partial charge in [-0.25, -0.2) is 4.79 Å². The van der Waals surface area contributed by atoms with Crippen molar-refractivity contribution in [2.75, 3.05) is 20.7 Å². The zero-order valence-corrected chi connectivity index (χ0v) is 15.4. The number of ether oxygens (including phenoxy) is 2. The maximum atomic E-state index is 13.6. The number of fused-ring (bicyclic) bond motifs is 2. The number of piperidine rings is 2. The van der Waals surface area contributed by atoms with E-state index in [1.54, 1.807) is 22.9 Å². The molecule has 2 amide bonds. The summed E-state index contributed by atoms with van der Waals surface area (Å²) >= 11 is 0. The summed E-state index contributed by atoms with van der Waals surface area (Å²) in [6, 6.07) is 0. The van der Waals surface area contributed by atoms with Crippen LogP contribution in [0.2, 0.25) is 0 Å². The predicted molar refractivity (Wildman–Crippen MR) is 91.7 cm³/mol. The largest absolute Gasteiger partial charge is 0.429 e. The minimum absolute atomic E-state index is 0.0256. The van der Waals surface area contributed by atoms with Crippen molar-refractivity contribution < 1.29 is 23.9 Å². The van der Waals surface area contributed by atoms with E-state index in [0.29, 0.717) is 25.0 Å². The van der Waals surface area contributed by atoms with Crippen LogP contribution < -0.4 is 0 Å². The quantitative estimate of drug-likeness (QED) is 0.552. The Morgan fingerprint density at radius 3 is 2.73 bits per heavy atom. The lowest BCUT2D eigenvalue weighted by Gasteiger charge is -2.63. The van der Waals surface area contributed by atoms with E-state index >= 15 is 0 Å². The third-order valence-corrected chi connectivity index (χ3v) is 6.63. The van der Waals surface area contributed by atoms with Crippen molar-refractivity contribution in [3.8, 4) is 0 Å². The molecule has 0 saturated carbocycles. The number of hydrogen-bond donors (Lipinski definition) is 0. The number of piperazine rings is 1. The lowest BCUT2D eigenvalue weighted by atomic mass is 9.60. The molecule has 1 spiro atoms. The standard InChI is InChI=1S/C19H24N2O5/c1-11(2)13-10-18-6-5-7-21(18)17(24)19(13,20(3)16(18)23)9-12-8-14(25-4)26-15(12)22/h8,13-14H,1,5-7,9-10H2,2-4H3/t13-,14?,18-,19+/m1/s1. The Hall–Kier alpha value is -2.15. The maximum absolute atomic E-state index is 13.6. The van der Waals surface area contributed by atoms with Gasteiger partial charge in [-0.1, -0.05) is 12.2 Å². The molecular weight excluding hydrogens is 336 g/mol. The molecule has 0 aromatic heterocycles. The van der Waals surface area contributed by atoms with Crippen LogP contribution >= 0.6 is 0 Å². The first-order valence-corrected chi connectivity index (χ1v) is 8.98. The summed E-state index contributed by atoms with van der Waals surface area (Å²) in [5.74, 6) is -0.792. The van der Waals surface area contributed by atoms with Crippen LogP contribution in [0.1, 0.15) is 32.6 Å². The zero-order valence-electron chi connectivity index (χ0n) is 15.4. The van der Waals surface area contributed by atoms with Crippen LogP contribution in [-0.4, -0.2) is 65.7 Å². The van der Waals surface area contributed by atoms with Gasteiger partial charge >= 0.3 is 5.97 Å². The number of nitrogens with zero attached hydrogens (tertiary/aromatic N) is 2. The molecule has 0 aliphatic carbocycles. The summed E-state index contributed by atoms with van der Waals surface area (Å²) in [6.07, 6.45) is 3.06. The molecule has 5 heterocycles. The van der Waals surface area contributed by atoms with E-state index in [2.05, 4.69) is 6.58 Å². The van der Waals surface area contributed by atoms with Crippen molar-refractivity contribution >= 4 is 17.8 Å². The molecule has 7 nitrogen and oxygen atoms in total. The molecule has 4 saturated heterocycles. The monoisotopic (exact) mass is 360 g/mol.